The normalized spacial score (nSPS) is 14.9. The SMILES string of the molecule is NS(=O)(=O)c1ccc(C2=C(c3ccc(F)cc3)C(=O)NC2=O)cc1. The first kappa shape index (κ1) is 16.0. The summed E-state index contributed by atoms with van der Waals surface area (Å²) >= 11 is 0. The number of carbonyl (C=O) groups is 2. The number of hydrogen-bond acceptors (Lipinski definition) is 4. The van der Waals surface area contributed by atoms with Crippen LogP contribution in [0.1, 0.15) is 11.1 Å². The third-order valence-corrected chi connectivity index (χ3v) is 4.46. The Morgan fingerprint density at radius 1 is 0.792 bits per heavy atom. The van der Waals surface area contributed by atoms with E-state index in [1.54, 1.807) is 0 Å². The molecule has 0 saturated carbocycles. The van der Waals surface area contributed by atoms with Crippen LogP contribution in [0.2, 0.25) is 0 Å². The molecule has 1 aliphatic rings. The van der Waals surface area contributed by atoms with E-state index in [1.807, 2.05) is 0 Å². The Hall–Kier alpha value is -2.84. The highest BCUT2D eigenvalue weighted by Crippen LogP contribution is 2.31. The summed E-state index contributed by atoms with van der Waals surface area (Å²) in [7, 11) is -3.86. The second-order valence-electron chi connectivity index (χ2n) is 5.11. The van der Waals surface area contributed by atoms with Gasteiger partial charge in [-0.25, -0.2) is 17.9 Å². The minimum Gasteiger partial charge on any atom is -0.288 e. The lowest BCUT2D eigenvalue weighted by Gasteiger charge is -2.06. The van der Waals surface area contributed by atoms with E-state index in [-0.39, 0.29) is 16.0 Å². The molecule has 8 heteroatoms. The summed E-state index contributed by atoms with van der Waals surface area (Å²) in [5.74, 6) is -1.68. The van der Waals surface area contributed by atoms with E-state index in [0.29, 0.717) is 11.1 Å². The van der Waals surface area contributed by atoms with Crippen LogP contribution in [0.25, 0.3) is 11.1 Å². The van der Waals surface area contributed by atoms with E-state index < -0.39 is 27.7 Å². The van der Waals surface area contributed by atoms with E-state index >= 15 is 0 Å². The first-order chi connectivity index (χ1) is 11.3. The van der Waals surface area contributed by atoms with Crippen LogP contribution in [-0.4, -0.2) is 20.2 Å². The fraction of sp³-hybridized carbons (Fsp3) is 0. The third kappa shape index (κ3) is 2.84. The zero-order chi connectivity index (χ0) is 17.5. The Kier molecular flexibility index (Phi) is 3.78. The molecule has 2 amide bonds. The van der Waals surface area contributed by atoms with Gasteiger partial charge >= 0.3 is 0 Å². The Bertz CT molecular complexity index is 978. The van der Waals surface area contributed by atoms with Crippen molar-refractivity contribution in [2.45, 2.75) is 4.90 Å². The molecule has 6 nitrogen and oxygen atoms in total. The summed E-state index contributed by atoms with van der Waals surface area (Å²) in [5.41, 5.74) is 0.922. The summed E-state index contributed by atoms with van der Waals surface area (Å²) in [5, 5.41) is 7.22. The molecule has 3 N–H and O–H groups in total. The van der Waals surface area contributed by atoms with Gasteiger partial charge in [0.05, 0.1) is 16.0 Å². The summed E-state index contributed by atoms with van der Waals surface area (Å²) in [6.07, 6.45) is 0. The summed E-state index contributed by atoms with van der Waals surface area (Å²) in [4.78, 5) is 24.1. The number of amides is 2. The van der Waals surface area contributed by atoms with Crippen molar-refractivity contribution in [1.29, 1.82) is 0 Å². The van der Waals surface area contributed by atoms with Gasteiger partial charge < -0.3 is 0 Å². The van der Waals surface area contributed by atoms with E-state index in [0.717, 1.165) is 0 Å². The minimum atomic E-state index is -3.86. The highest BCUT2D eigenvalue weighted by Gasteiger charge is 2.32. The van der Waals surface area contributed by atoms with E-state index in [1.165, 1.54) is 48.5 Å². The predicted octanol–water partition coefficient (Wildman–Crippen LogP) is 1.04. The molecule has 2 aromatic rings. The molecule has 24 heavy (non-hydrogen) atoms. The van der Waals surface area contributed by atoms with Crippen molar-refractivity contribution in [3.8, 4) is 0 Å². The number of halogens is 1. The van der Waals surface area contributed by atoms with Gasteiger partial charge in [0.15, 0.2) is 0 Å². The second kappa shape index (κ2) is 5.66. The van der Waals surface area contributed by atoms with Crippen LogP contribution >= 0.6 is 0 Å². The van der Waals surface area contributed by atoms with Crippen molar-refractivity contribution in [3.05, 3.63) is 65.5 Å². The molecule has 2 aromatic carbocycles. The Labute approximate surface area is 136 Å². The van der Waals surface area contributed by atoms with E-state index in [4.69, 9.17) is 5.14 Å². The van der Waals surface area contributed by atoms with Gasteiger partial charge in [-0.2, -0.15) is 0 Å². The van der Waals surface area contributed by atoms with Crippen molar-refractivity contribution in [2.75, 3.05) is 0 Å². The first-order valence-corrected chi connectivity index (χ1v) is 8.31. The van der Waals surface area contributed by atoms with Crippen LogP contribution in [0.5, 0.6) is 0 Å². The largest absolute Gasteiger partial charge is 0.288 e. The Morgan fingerprint density at radius 2 is 1.21 bits per heavy atom. The van der Waals surface area contributed by atoms with Crippen LogP contribution in [0, 0.1) is 5.82 Å². The van der Waals surface area contributed by atoms with Crippen LogP contribution in [0.15, 0.2) is 53.4 Å². The van der Waals surface area contributed by atoms with E-state index in [2.05, 4.69) is 5.32 Å². The smallest absolute Gasteiger partial charge is 0.259 e. The quantitative estimate of drug-likeness (QED) is 0.810. The summed E-state index contributed by atoms with van der Waals surface area (Å²) in [6, 6.07) is 10.4. The second-order valence-corrected chi connectivity index (χ2v) is 6.67. The Morgan fingerprint density at radius 3 is 1.62 bits per heavy atom. The predicted molar refractivity (Wildman–Crippen MR) is 84.2 cm³/mol. The molecule has 0 aliphatic carbocycles. The molecule has 1 aliphatic heterocycles. The number of nitrogens with one attached hydrogen (secondary N) is 1. The van der Waals surface area contributed by atoms with Crippen LogP contribution in [-0.2, 0) is 19.6 Å². The molecule has 0 saturated heterocycles. The molecule has 0 aromatic heterocycles. The fourth-order valence-corrected chi connectivity index (χ4v) is 2.95. The number of nitrogens with two attached hydrogens (primary N) is 1. The lowest BCUT2D eigenvalue weighted by atomic mass is 9.96. The highest BCUT2D eigenvalue weighted by atomic mass is 32.2. The van der Waals surface area contributed by atoms with Gasteiger partial charge in [-0.15, -0.1) is 0 Å². The van der Waals surface area contributed by atoms with Gasteiger partial charge in [0, 0.05) is 0 Å². The topological polar surface area (TPSA) is 106 Å². The summed E-state index contributed by atoms with van der Waals surface area (Å²) in [6.45, 7) is 0. The zero-order valence-corrected chi connectivity index (χ0v) is 12.9. The van der Waals surface area contributed by atoms with Crippen LogP contribution in [0.4, 0.5) is 4.39 Å². The van der Waals surface area contributed by atoms with Crippen molar-refractivity contribution in [3.63, 3.8) is 0 Å². The maximum Gasteiger partial charge on any atom is 0.259 e. The van der Waals surface area contributed by atoms with Gasteiger partial charge in [-0.1, -0.05) is 24.3 Å². The van der Waals surface area contributed by atoms with Gasteiger partial charge in [0.1, 0.15) is 5.82 Å². The van der Waals surface area contributed by atoms with Crippen LogP contribution < -0.4 is 10.5 Å². The summed E-state index contributed by atoms with van der Waals surface area (Å²) < 4.78 is 35.7. The van der Waals surface area contributed by atoms with Crippen molar-refractivity contribution in [2.24, 2.45) is 5.14 Å². The lowest BCUT2D eigenvalue weighted by Crippen LogP contribution is -2.22. The molecular weight excluding hydrogens is 335 g/mol. The van der Waals surface area contributed by atoms with E-state index in [9.17, 15) is 22.4 Å². The molecule has 0 atom stereocenters. The minimum absolute atomic E-state index is 0.0903. The number of carbonyl (C=O) groups excluding carboxylic acids is 2. The fourth-order valence-electron chi connectivity index (χ4n) is 2.43. The molecule has 3 rings (SSSR count). The molecular formula is C16H11FN2O4S. The molecule has 0 radical (unpaired) electrons. The molecule has 0 spiro atoms. The van der Waals surface area contributed by atoms with Crippen molar-refractivity contribution < 1.29 is 22.4 Å². The highest BCUT2D eigenvalue weighted by molar-refractivity contribution is 7.89. The van der Waals surface area contributed by atoms with Gasteiger partial charge in [-0.05, 0) is 35.4 Å². The number of primary sulfonamides is 1. The average molecular weight is 346 g/mol. The number of benzene rings is 2. The lowest BCUT2D eigenvalue weighted by molar-refractivity contribution is -0.122. The molecule has 0 unspecified atom stereocenters. The van der Waals surface area contributed by atoms with Crippen molar-refractivity contribution in [1.82, 2.24) is 5.32 Å². The number of rotatable bonds is 3. The zero-order valence-electron chi connectivity index (χ0n) is 12.1. The maximum atomic E-state index is 13.1. The number of sulfonamides is 1. The maximum absolute atomic E-state index is 13.1. The monoisotopic (exact) mass is 346 g/mol. The molecule has 1 heterocycles. The number of hydrogen-bond donors (Lipinski definition) is 2. The standard InChI is InChI=1S/C16H11FN2O4S/c17-11-5-1-9(2-6-11)13-14(16(21)19-15(13)20)10-3-7-12(8-4-10)24(18,22)23/h1-8H,(H2,18,22,23)(H,19,20,21). The van der Waals surface area contributed by atoms with Crippen LogP contribution in [0.3, 0.4) is 0 Å². The van der Waals surface area contributed by atoms with Gasteiger partial charge in [0.25, 0.3) is 11.8 Å². The average Bonchev–Trinajstić information content (AvgIpc) is 2.82. The van der Waals surface area contributed by atoms with Gasteiger partial charge in [-0.3, -0.25) is 14.9 Å². The molecule has 0 fully saturated rings. The van der Waals surface area contributed by atoms with Crippen molar-refractivity contribution >= 4 is 33.0 Å². The number of imide groups is 1. The molecule has 122 valence electrons. The molecule has 0 bridgehead atoms. The third-order valence-electron chi connectivity index (χ3n) is 3.54. The Balaban J connectivity index is 2.16. The van der Waals surface area contributed by atoms with Gasteiger partial charge in [0.2, 0.25) is 10.0 Å². The first-order valence-electron chi connectivity index (χ1n) is 6.76.